The van der Waals surface area contributed by atoms with Crippen molar-refractivity contribution in [3.05, 3.63) is 12.3 Å². The zero-order chi connectivity index (χ0) is 5.44. The van der Waals surface area contributed by atoms with Gasteiger partial charge in [0.15, 0.2) is 0 Å². The zero-order valence-corrected chi connectivity index (χ0v) is 4.94. The van der Waals surface area contributed by atoms with E-state index in [9.17, 15) is 0 Å². The van der Waals surface area contributed by atoms with E-state index in [-0.39, 0.29) is 0 Å². The van der Waals surface area contributed by atoms with Gasteiger partial charge in [0, 0.05) is 25.2 Å². The van der Waals surface area contributed by atoms with Gasteiger partial charge in [0.05, 0.1) is 0 Å². The molecule has 0 amide bonds. The lowest BCUT2D eigenvalue weighted by atomic mass is 10.0. The van der Waals surface area contributed by atoms with E-state index in [2.05, 4.69) is 25.5 Å². The lowest BCUT2D eigenvalue weighted by molar-refractivity contribution is 0.217. The molecule has 1 fully saturated rings. The Labute approximate surface area is 44.6 Å². The van der Waals surface area contributed by atoms with E-state index in [1.165, 1.54) is 12.1 Å². The molecule has 1 aliphatic heterocycles. The SMILES string of the molecule is C=C1CC(C)N1C. The van der Waals surface area contributed by atoms with E-state index in [4.69, 9.17) is 0 Å². The van der Waals surface area contributed by atoms with Crippen LogP contribution in [0.3, 0.4) is 0 Å². The average Bonchev–Trinajstić information content (AvgIpc) is 1.68. The number of rotatable bonds is 0. The molecule has 7 heavy (non-hydrogen) atoms. The van der Waals surface area contributed by atoms with E-state index in [1.807, 2.05) is 0 Å². The first kappa shape index (κ1) is 4.69. The molecule has 1 rings (SSSR count). The quantitative estimate of drug-likeness (QED) is 0.439. The predicted molar refractivity (Wildman–Crippen MR) is 31.0 cm³/mol. The van der Waals surface area contributed by atoms with Crippen molar-refractivity contribution < 1.29 is 0 Å². The Morgan fingerprint density at radius 2 is 2.43 bits per heavy atom. The van der Waals surface area contributed by atoms with E-state index < -0.39 is 0 Å². The van der Waals surface area contributed by atoms with E-state index >= 15 is 0 Å². The first-order valence-corrected chi connectivity index (χ1v) is 2.62. The van der Waals surface area contributed by atoms with Crippen LogP contribution < -0.4 is 0 Å². The van der Waals surface area contributed by atoms with Crippen LogP contribution >= 0.6 is 0 Å². The van der Waals surface area contributed by atoms with Crippen molar-refractivity contribution in [2.75, 3.05) is 7.05 Å². The lowest BCUT2D eigenvalue weighted by Gasteiger charge is -2.39. The third-order valence-corrected chi connectivity index (χ3v) is 1.69. The van der Waals surface area contributed by atoms with Gasteiger partial charge in [0.1, 0.15) is 0 Å². The van der Waals surface area contributed by atoms with Crippen LogP contribution in [-0.2, 0) is 0 Å². The summed E-state index contributed by atoms with van der Waals surface area (Å²) in [5, 5.41) is 0. The van der Waals surface area contributed by atoms with Gasteiger partial charge in [-0.2, -0.15) is 0 Å². The fourth-order valence-corrected chi connectivity index (χ4v) is 0.821. The molecule has 0 aromatic rings. The minimum absolute atomic E-state index is 0.743. The number of likely N-dealkylation sites (tertiary alicyclic amines) is 1. The normalized spacial score (nSPS) is 30.3. The molecule has 1 aliphatic rings. The highest BCUT2D eigenvalue weighted by Crippen LogP contribution is 2.23. The Balaban J connectivity index is 2.43. The predicted octanol–water partition coefficient (Wildman–Crippen LogP) is 1.22. The maximum atomic E-state index is 3.82. The summed E-state index contributed by atoms with van der Waals surface area (Å²) < 4.78 is 0. The number of nitrogens with zero attached hydrogens (tertiary/aromatic N) is 1. The molecule has 40 valence electrons. The van der Waals surface area contributed by atoms with Crippen LogP contribution in [0.15, 0.2) is 12.3 Å². The summed E-state index contributed by atoms with van der Waals surface area (Å²) in [6.07, 6.45) is 1.19. The van der Waals surface area contributed by atoms with Gasteiger partial charge >= 0.3 is 0 Å². The molecule has 0 radical (unpaired) electrons. The molecule has 1 heteroatoms. The fourth-order valence-electron chi connectivity index (χ4n) is 0.821. The second-order valence-electron chi connectivity index (χ2n) is 2.23. The molecule has 1 unspecified atom stereocenters. The van der Waals surface area contributed by atoms with Crippen LogP contribution in [0.25, 0.3) is 0 Å². The first-order valence-electron chi connectivity index (χ1n) is 2.62. The molecule has 1 saturated heterocycles. The van der Waals surface area contributed by atoms with Gasteiger partial charge in [0.25, 0.3) is 0 Å². The molecule has 0 spiro atoms. The van der Waals surface area contributed by atoms with Crippen molar-refractivity contribution in [3.8, 4) is 0 Å². The van der Waals surface area contributed by atoms with Crippen LogP contribution in [-0.4, -0.2) is 18.0 Å². The smallest absolute Gasteiger partial charge is 0.0309 e. The van der Waals surface area contributed by atoms with Crippen LogP contribution in [0.4, 0.5) is 0 Å². The summed E-state index contributed by atoms with van der Waals surface area (Å²) in [5.74, 6) is 0. The Hall–Kier alpha value is -0.460. The summed E-state index contributed by atoms with van der Waals surface area (Å²) in [6.45, 7) is 6.02. The minimum Gasteiger partial charge on any atom is -0.375 e. The Morgan fingerprint density at radius 1 is 1.86 bits per heavy atom. The highest BCUT2D eigenvalue weighted by atomic mass is 15.2. The van der Waals surface area contributed by atoms with Crippen molar-refractivity contribution in [3.63, 3.8) is 0 Å². The van der Waals surface area contributed by atoms with Crippen LogP contribution in [0.2, 0.25) is 0 Å². The van der Waals surface area contributed by atoms with Gasteiger partial charge < -0.3 is 4.90 Å². The minimum atomic E-state index is 0.743. The molecule has 1 heterocycles. The maximum Gasteiger partial charge on any atom is 0.0309 e. The summed E-state index contributed by atoms with van der Waals surface area (Å²) >= 11 is 0. The molecule has 1 nitrogen and oxygen atoms in total. The topological polar surface area (TPSA) is 3.24 Å². The molecule has 0 aromatic heterocycles. The highest BCUT2D eigenvalue weighted by Gasteiger charge is 2.21. The molecule has 0 N–H and O–H groups in total. The van der Waals surface area contributed by atoms with Gasteiger partial charge in [-0.05, 0) is 6.92 Å². The second-order valence-corrected chi connectivity index (χ2v) is 2.23. The molecular formula is C6H11N. The van der Waals surface area contributed by atoms with Crippen molar-refractivity contribution in [2.45, 2.75) is 19.4 Å². The van der Waals surface area contributed by atoms with Gasteiger partial charge in [-0.25, -0.2) is 0 Å². The second kappa shape index (κ2) is 1.25. The van der Waals surface area contributed by atoms with Crippen LogP contribution in [0.5, 0.6) is 0 Å². The molecule has 0 saturated carbocycles. The van der Waals surface area contributed by atoms with E-state index in [0.29, 0.717) is 0 Å². The highest BCUT2D eigenvalue weighted by molar-refractivity contribution is 5.06. The Kier molecular flexibility index (Phi) is 0.841. The molecule has 1 atom stereocenters. The molecule has 0 bridgehead atoms. The summed E-state index contributed by atoms with van der Waals surface area (Å²) in [6, 6.07) is 0.743. The van der Waals surface area contributed by atoms with Crippen molar-refractivity contribution in [1.29, 1.82) is 0 Å². The Bertz CT molecular complexity index is 96.4. The van der Waals surface area contributed by atoms with Crippen molar-refractivity contribution in [1.82, 2.24) is 4.90 Å². The Morgan fingerprint density at radius 3 is 2.43 bits per heavy atom. The summed E-state index contributed by atoms with van der Waals surface area (Å²) in [7, 11) is 2.08. The first-order chi connectivity index (χ1) is 3.22. The number of hydrogen-bond acceptors (Lipinski definition) is 1. The molecule has 0 aromatic carbocycles. The van der Waals surface area contributed by atoms with E-state index in [1.54, 1.807) is 0 Å². The van der Waals surface area contributed by atoms with E-state index in [0.717, 1.165) is 6.04 Å². The average molecular weight is 97.2 g/mol. The largest absolute Gasteiger partial charge is 0.375 e. The van der Waals surface area contributed by atoms with Gasteiger partial charge in [-0.3, -0.25) is 0 Å². The monoisotopic (exact) mass is 97.1 g/mol. The third-order valence-electron chi connectivity index (χ3n) is 1.69. The molecular weight excluding hydrogens is 86.1 g/mol. The van der Waals surface area contributed by atoms with Gasteiger partial charge in [-0.1, -0.05) is 6.58 Å². The van der Waals surface area contributed by atoms with Crippen molar-refractivity contribution in [2.24, 2.45) is 0 Å². The summed E-state index contributed by atoms with van der Waals surface area (Å²) in [5.41, 5.74) is 1.27. The van der Waals surface area contributed by atoms with Crippen LogP contribution in [0, 0.1) is 0 Å². The van der Waals surface area contributed by atoms with Gasteiger partial charge in [-0.15, -0.1) is 0 Å². The van der Waals surface area contributed by atoms with Crippen LogP contribution in [0.1, 0.15) is 13.3 Å². The maximum absolute atomic E-state index is 3.82. The van der Waals surface area contributed by atoms with Crippen molar-refractivity contribution >= 4 is 0 Å². The van der Waals surface area contributed by atoms with Gasteiger partial charge in [0.2, 0.25) is 0 Å². The summed E-state index contributed by atoms with van der Waals surface area (Å²) in [4.78, 5) is 2.19. The molecule has 0 aliphatic carbocycles. The standard InChI is InChI=1S/C6H11N/c1-5-4-6(2)7(5)3/h6H,1,4H2,2-3H3. The zero-order valence-electron chi connectivity index (χ0n) is 4.94. The third kappa shape index (κ3) is 0.521. The number of hydrogen-bond donors (Lipinski definition) is 0. The lowest BCUT2D eigenvalue weighted by Crippen LogP contribution is -2.39. The fraction of sp³-hybridized carbons (Fsp3) is 0.667.